The van der Waals surface area contributed by atoms with E-state index >= 15 is 0 Å². The zero-order chi connectivity index (χ0) is 21.5. The summed E-state index contributed by atoms with van der Waals surface area (Å²) >= 11 is 0. The Morgan fingerprint density at radius 2 is 2.00 bits per heavy atom. The molecule has 1 aliphatic heterocycles. The molecular formula is C21H32N6O3. The largest absolute Gasteiger partial charge is 0.497 e. The van der Waals surface area contributed by atoms with Gasteiger partial charge in [0.1, 0.15) is 17.3 Å². The van der Waals surface area contributed by atoms with Crippen LogP contribution < -0.4 is 20.1 Å². The van der Waals surface area contributed by atoms with Crippen LogP contribution in [0.3, 0.4) is 0 Å². The Balaban J connectivity index is 1.66. The van der Waals surface area contributed by atoms with Crippen LogP contribution in [-0.2, 0) is 19.4 Å². The molecule has 0 spiro atoms. The Hall–Kier alpha value is -2.81. The SMILES string of the molecule is CCNC(=NCC(O)c1cc(OC)cc(OC)c1)NC1CCc2nc(CC)nn2C1. The molecule has 1 aromatic heterocycles. The predicted octanol–water partition coefficient (Wildman–Crippen LogP) is 1.46. The van der Waals surface area contributed by atoms with E-state index in [0.717, 1.165) is 44.0 Å². The van der Waals surface area contributed by atoms with Crippen LogP contribution in [0.15, 0.2) is 23.2 Å². The minimum absolute atomic E-state index is 0.204. The van der Waals surface area contributed by atoms with Crippen molar-refractivity contribution in [3.05, 3.63) is 35.4 Å². The number of hydrogen-bond donors (Lipinski definition) is 3. The molecule has 0 fully saturated rings. The molecule has 0 bridgehead atoms. The maximum atomic E-state index is 10.6. The summed E-state index contributed by atoms with van der Waals surface area (Å²) in [4.78, 5) is 9.15. The summed E-state index contributed by atoms with van der Waals surface area (Å²) in [7, 11) is 3.18. The van der Waals surface area contributed by atoms with Crippen LogP contribution in [-0.4, -0.2) is 59.2 Å². The molecule has 0 saturated carbocycles. The number of methoxy groups -OCH3 is 2. The lowest BCUT2D eigenvalue weighted by atomic mass is 10.1. The maximum Gasteiger partial charge on any atom is 0.191 e. The molecule has 9 heteroatoms. The van der Waals surface area contributed by atoms with Gasteiger partial charge in [-0.3, -0.25) is 4.99 Å². The highest BCUT2D eigenvalue weighted by Gasteiger charge is 2.22. The number of aromatic nitrogens is 3. The number of nitrogens with one attached hydrogen (secondary N) is 2. The second kappa shape index (κ2) is 10.3. The summed E-state index contributed by atoms with van der Waals surface area (Å²) in [6.45, 7) is 5.78. The van der Waals surface area contributed by atoms with E-state index < -0.39 is 6.10 Å². The van der Waals surface area contributed by atoms with Gasteiger partial charge in [-0.25, -0.2) is 9.67 Å². The van der Waals surface area contributed by atoms with Gasteiger partial charge in [0.05, 0.1) is 33.4 Å². The quantitative estimate of drug-likeness (QED) is 0.442. The van der Waals surface area contributed by atoms with Crippen LogP contribution in [0.2, 0.25) is 0 Å². The van der Waals surface area contributed by atoms with Crippen LogP contribution in [0.5, 0.6) is 11.5 Å². The van der Waals surface area contributed by atoms with Crippen molar-refractivity contribution in [3.63, 3.8) is 0 Å². The van der Waals surface area contributed by atoms with E-state index in [4.69, 9.17) is 9.47 Å². The number of aryl methyl sites for hydroxylation is 2. The third-order valence-corrected chi connectivity index (χ3v) is 5.08. The molecule has 30 heavy (non-hydrogen) atoms. The van der Waals surface area contributed by atoms with Crippen molar-refractivity contribution in [3.8, 4) is 11.5 Å². The van der Waals surface area contributed by atoms with E-state index in [-0.39, 0.29) is 12.6 Å². The van der Waals surface area contributed by atoms with Crippen molar-refractivity contribution in [2.75, 3.05) is 27.3 Å². The molecule has 0 amide bonds. The fraction of sp³-hybridized carbons (Fsp3) is 0.571. The molecule has 2 unspecified atom stereocenters. The molecule has 0 saturated heterocycles. The number of guanidine groups is 1. The number of ether oxygens (including phenoxy) is 2. The standard InChI is InChI=1S/C21H32N6O3/c1-5-19-25-20-8-7-15(13-27(20)26-19)24-21(22-6-2)23-12-18(28)14-9-16(29-3)11-17(10-14)30-4/h9-11,15,18,28H,5-8,12-13H2,1-4H3,(H2,22,23,24). The van der Waals surface area contributed by atoms with Gasteiger partial charge >= 0.3 is 0 Å². The van der Waals surface area contributed by atoms with Gasteiger partial charge in [0.15, 0.2) is 11.8 Å². The zero-order valence-electron chi connectivity index (χ0n) is 18.2. The fourth-order valence-corrected chi connectivity index (χ4v) is 3.45. The Bertz CT molecular complexity index is 844. The van der Waals surface area contributed by atoms with Crippen LogP contribution in [0.4, 0.5) is 0 Å². The van der Waals surface area contributed by atoms with Crippen molar-refractivity contribution in [1.29, 1.82) is 0 Å². The van der Waals surface area contributed by atoms with Crippen LogP contribution in [0.1, 0.15) is 43.6 Å². The number of fused-ring (bicyclic) bond motifs is 1. The lowest BCUT2D eigenvalue weighted by Crippen LogP contribution is -2.47. The summed E-state index contributed by atoms with van der Waals surface area (Å²) in [5, 5.41) is 21.9. The third kappa shape index (κ3) is 5.41. The summed E-state index contributed by atoms with van der Waals surface area (Å²) in [6, 6.07) is 5.57. The normalized spacial score (nSPS) is 17.2. The molecule has 2 atom stereocenters. The number of aliphatic hydroxyl groups is 1. The Morgan fingerprint density at radius 1 is 1.27 bits per heavy atom. The van der Waals surface area contributed by atoms with Gasteiger partial charge in [-0.05, 0) is 31.0 Å². The lowest BCUT2D eigenvalue weighted by molar-refractivity contribution is 0.186. The van der Waals surface area contributed by atoms with E-state index in [2.05, 4.69) is 32.6 Å². The number of rotatable bonds is 8. The van der Waals surface area contributed by atoms with Crippen molar-refractivity contribution < 1.29 is 14.6 Å². The molecule has 2 aromatic rings. The highest BCUT2D eigenvalue weighted by Crippen LogP contribution is 2.26. The van der Waals surface area contributed by atoms with Crippen LogP contribution in [0.25, 0.3) is 0 Å². The first-order valence-electron chi connectivity index (χ1n) is 10.4. The van der Waals surface area contributed by atoms with Gasteiger partial charge in [0.25, 0.3) is 0 Å². The molecular weight excluding hydrogens is 384 g/mol. The molecule has 1 aliphatic rings. The number of aliphatic imine (C=N–C) groups is 1. The number of aliphatic hydroxyl groups excluding tert-OH is 1. The topological polar surface area (TPSA) is 106 Å². The second-order valence-corrected chi connectivity index (χ2v) is 7.24. The van der Waals surface area contributed by atoms with E-state index in [1.807, 2.05) is 11.6 Å². The Morgan fingerprint density at radius 3 is 2.63 bits per heavy atom. The minimum atomic E-state index is -0.773. The summed E-state index contributed by atoms with van der Waals surface area (Å²) < 4.78 is 12.6. The van der Waals surface area contributed by atoms with Gasteiger partial charge in [-0.2, -0.15) is 5.10 Å². The van der Waals surface area contributed by atoms with Gasteiger partial charge in [-0.1, -0.05) is 6.92 Å². The molecule has 9 nitrogen and oxygen atoms in total. The van der Waals surface area contributed by atoms with E-state index in [9.17, 15) is 5.11 Å². The first-order valence-corrected chi connectivity index (χ1v) is 10.4. The van der Waals surface area contributed by atoms with Crippen molar-refractivity contribution in [2.45, 2.75) is 51.8 Å². The molecule has 3 rings (SSSR count). The first-order chi connectivity index (χ1) is 14.6. The van der Waals surface area contributed by atoms with Crippen molar-refractivity contribution in [1.82, 2.24) is 25.4 Å². The van der Waals surface area contributed by atoms with Gasteiger partial charge in [0, 0.05) is 31.5 Å². The third-order valence-electron chi connectivity index (χ3n) is 5.08. The van der Waals surface area contributed by atoms with E-state index in [0.29, 0.717) is 23.0 Å². The van der Waals surface area contributed by atoms with Crippen LogP contribution >= 0.6 is 0 Å². The molecule has 164 valence electrons. The summed E-state index contributed by atoms with van der Waals surface area (Å²) in [5.74, 6) is 3.89. The minimum Gasteiger partial charge on any atom is -0.497 e. The molecule has 2 heterocycles. The number of hydrogen-bond acceptors (Lipinski definition) is 6. The second-order valence-electron chi connectivity index (χ2n) is 7.24. The Kier molecular flexibility index (Phi) is 7.51. The molecule has 0 aliphatic carbocycles. The molecule has 0 radical (unpaired) electrons. The van der Waals surface area contributed by atoms with Crippen molar-refractivity contribution >= 4 is 5.96 Å². The zero-order valence-corrected chi connectivity index (χ0v) is 18.2. The van der Waals surface area contributed by atoms with Gasteiger partial charge in [-0.15, -0.1) is 0 Å². The highest BCUT2D eigenvalue weighted by atomic mass is 16.5. The van der Waals surface area contributed by atoms with Crippen LogP contribution in [0, 0.1) is 0 Å². The average molecular weight is 417 g/mol. The monoisotopic (exact) mass is 416 g/mol. The fourth-order valence-electron chi connectivity index (χ4n) is 3.45. The summed E-state index contributed by atoms with van der Waals surface area (Å²) in [6.07, 6.45) is 1.91. The maximum absolute atomic E-state index is 10.6. The molecule has 1 aromatic carbocycles. The average Bonchev–Trinajstić information content (AvgIpc) is 3.19. The smallest absolute Gasteiger partial charge is 0.191 e. The van der Waals surface area contributed by atoms with Gasteiger partial charge in [0.2, 0.25) is 0 Å². The van der Waals surface area contributed by atoms with E-state index in [1.54, 1.807) is 32.4 Å². The number of benzene rings is 1. The first kappa shape index (κ1) is 21.9. The Labute approximate surface area is 177 Å². The highest BCUT2D eigenvalue weighted by molar-refractivity contribution is 5.80. The van der Waals surface area contributed by atoms with Crippen molar-refractivity contribution in [2.24, 2.45) is 4.99 Å². The predicted molar refractivity (Wildman–Crippen MR) is 115 cm³/mol. The number of nitrogens with zero attached hydrogens (tertiary/aromatic N) is 4. The molecule has 3 N–H and O–H groups in total. The lowest BCUT2D eigenvalue weighted by Gasteiger charge is -2.25. The van der Waals surface area contributed by atoms with Gasteiger partial charge < -0.3 is 25.2 Å². The summed E-state index contributed by atoms with van der Waals surface area (Å²) in [5.41, 5.74) is 0.697. The van der Waals surface area contributed by atoms with E-state index in [1.165, 1.54) is 0 Å².